The molecule has 0 saturated heterocycles. The third-order valence-electron chi connectivity index (χ3n) is 3.90. The Balaban J connectivity index is 1.62. The van der Waals surface area contributed by atoms with E-state index in [2.05, 4.69) is 33.4 Å². The van der Waals surface area contributed by atoms with Gasteiger partial charge in [0.1, 0.15) is 0 Å². The summed E-state index contributed by atoms with van der Waals surface area (Å²) in [7, 11) is 0. The van der Waals surface area contributed by atoms with E-state index < -0.39 is 0 Å². The summed E-state index contributed by atoms with van der Waals surface area (Å²) in [5, 5.41) is 3.72. The fourth-order valence-electron chi connectivity index (χ4n) is 2.58. The lowest BCUT2D eigenvalue weighted by Gasteiger charge is -2.18. The van der Waals surface area contributed by atoms with Crippen LogP contribution in [0.2, 0.25) is 0 Å². The van der Waals surface area contributed by atoms with Crippen molar-refractivity contribution >= 4 is 21.6 Å². The summed E-state index contributed by atoms with van der Waals surface area (Å²) in [6.45, 7) is 0.913. The van der Waals surface area contributed by atoms with Crippen LogP contribution in [0.25, 0.3) is 0 Å². The van der Waals surface area contributed by atoms with Gasteiger partial charge >= 0.3 is 0 Å². The van der Waals surface area contributed by atoms with Crippen LogP contribution in [0.5, 0.6) is 0 Å². The molecule has 0 amide bonds. The molecule has 0 atom stereocenters. The van der Waals surface area contributed by atoms with Crippen LogP contribution in [0.3, 0.4) is 0 Å². The summed E-state index contributed by atoms with van der Waals surface area (Å²) in [5.41, 5.74) is 8.13. The molecule has 2 saturated carbocycles. The quantitative estimate of drug-likeness (QED) is 0.818. The Bertz CT molecular complexity index is 399. The molecule has 1 aromatic rings. The lowest BCUT2D eigenvalue weighted by atomic mass is 10.1. The average Bonchev–Trinajstić information content (AvgIpc) is 3.15. The average molecular weight is 295 g/mol. The molecule has 2 fully saturated rings. The number of nitrogens with two attached hydrogens (primary N) is 1. The maximum atomic E-state index is 6.02. The summed E-state index contributed by atoms with van der Waals surface area (Å²) >= 11 is 3.44. The van der Waals surface area contributed by atoms with E-state index >= 15 is 0 Å². The first-order valence-corrected chi connectivity index (χ1v) is 7.30. The third-order valence-corrected chi connectivity index (χ3v) is 4.39. The van der Waals surface area contributed by atoms with E-state index in [4.69, 9.17) is 5.73 Å². The van der Waals surface area contributed by atoms with Crippen molar-refractivity contribution in [2.75, 3.05) is 5.73 Å². The molecule has 92 valence electrons. The number of nitrogens with one attached hydrogen (secondary N) is 1. The molecule has 0 unspecified atom stereocenters. The lowest BCUT2D eigenvalue weighted by molar-refractivity contribution is 0.416. The van der Waals surface area contributed by atoms with Crippen LogP contribution < -0.4 is 11.1 Å². The monoisotopic (exact) mass is 294 g/mol. The Morgan fingerprint density at radius 3 is 2.41 bits per heavy atom. The SMILES string of the molecule is Nc1cc(Br)ccc1CNC(C1CC1)C1CC1. The van der Waals surface area contributed by atoms with Crippen molar-refractivity contribution in [3.63, 3.8) is 0 Å². The summed E-state index contributed by atoms with van der Waals surface area (Å²) in [5.74, 6) is 1.89. The van der Waals surface area contributed by atoms with Crippen molar-refractivity contribution in [2.24, 2.45) is 11.8 Å². The highest BCUT2D eigenvalue weighted by atomic mass is 79.9. The Morgan fingerprint density at radius 2 is 1.88 bits per heavy atom. The number of rotatable bonds is 5. The van der Waals surface area contributed by atoms with E-state index in [9.17, 15) is 0 Å². The Labute approximate surface area is 111 Å². The van der Waals surface area contributed by atoms with Crippen molar-refractivity contribution in [1.29, 1.82) is 0 Å². The highest BCUT2D eigenvalue weighted by Crippen LogP contribution is 2.44. The van der Waals surface area contributed by atoms with Gasteiger partial charge in [-0.3, -0.25) is 0 Å². The molecule has 0 radical (unpaired) electrons. The van der Waals surface area contributed by atoms with Crippen LogP contribution in [-0.4, -0.2) is 6.04 Å². The van der Waals surface area contributed by atoms with E-state index in [1.54, 1.807) is 0 Å². The van der Waals surface area contributed by atoms with E-state index in [-0.39, 0.29) is 0 Å². The van der Waals surface area contributed by atoms with Crippen LogP contribution >= 0.6 is 15.9 Å². The predicted octanol–water partition coefficient (Wildman–Crippen LogP) is 3.31. The first-order valence-electron chi connectivity index (χ1n) is 6.51. The van der Waals surface area contributed by atoms with Crippen molar-refractivity contribution in [1.82, 2.24) is 5.32 Å². The molecule has 17 heavy (non-hydrogen) atoms. The Kier molecular flexibility index (Phi) is 3.14. The molecular weight excluding hydrogens is 276 g/mol. The molecule has 1 aromatic carbocycles. The van der Waals surface area contributed by atoms with Gasteiger partial charge in [0, 0.05) is 22.7 Å². The smallest absolute Gasteiger partial charge is 0.0370 e. The number of benzene rings is 1. The normalized spacial score (nSPS) is 19.9. The highest BCUT2D eigenvalue weighted by Gasteiger charge is 2.40. The van der Waals surface area contributed by atoms with E-state index in [1.165, 1.54) is 31.2 Å². The summed E-state index contributed by atoms with van der Waals surface area (Å²) in [6, 6.07) is 6.92. The van der Waals surface area contributed by atoms with Gasteiger partial charge in [-0.05, 0) is 55.2 Å². The summed E-state index contributed by atoms with van der Waals surface area (Å²) < 4.78 is 1.06. The van der Waals surface area contributed by atoms with Gasteiger partial charge in [-0.25, -0.2) is 0 Å². The first kappa shape index (κ1) is 11.5. The molecule has 3 heteroatoms. The Hall–Kier alpha value is -0.540. The highest BCUT2D eigenvalue weighted by molar-refractivity contribution is 9.10. The van der Waals surface area contributed by atoms with E-state index in [1.807, 2.05) is 6.07 Å². The maximum absolute atomic E-state index is 6.02. The molecule has 0 aliphatic heterocycles. The van der Waals surface area contributed by atoms with Crippen LogP contribution in [0, 0.1) is 11.8 Å². The molecule has 3 N–H and O–H groups in total. The van der Waals surface area contributed by atoms with Crippen molar-refractivity contribution in [2.45, 2.75) is 38.3 Å². The summed E-state index contributed by atoms with van der Waals surface area (Å²) in [4.78, 5) is 0. The van der Waals surface area contributed by atoms with Gasteiger partial charge in [0.25, 0.3) is 0 Å². The van der Waals surface area contributed by atoms with Gasteiger partial charge in [0.15, 0.2) is 0 Å². The minimum absolute atomic E-state index is 0.748. The van der Waals surface area contributed by atoms with Crippen molar-refractivity contribution in [3.05, 3.63) is 28.2 Å². The number of hydrogen-bond donors (Lipinski definition) is 2. The molecule has 0 spiro atoms. The zero-order valence-corrected chi connectivity index (χ0v) is 11.5. The van der Waals surface area contributed by atoms with Gasteiger partial charge in [0.05, 0.1) is 0 Å². The zero-order valence-electron chi connectivity index (χ0n) is 9.95. The topological polar surface area (TPSA) is 38.0 Å². The largest absolute Gasteiger partial charge is 0.398 e. The van der Waals surface area contributed by atoms with Gasteiger partial charge in [-0.1, -0.05) is 22.0 Å². The number of halogens is 1. The second-order valence-electron chi connectivity index (χ2n) is 5.42. The molecule has 2 aliphatic rings. The van der Waals surface area contributed by atoms with Crippen LogP contribution in [0.1, 0.15) is 31.2 Å². The molecule has 0 aromatic heterocycles. The number of anilines is 1. The fourth-order valence-corrected chi connectivity index (χ4v) is 2.96. The minimum atomic E-state index is 0.748. The van der Waals surface area contributed by atoms with E-state index in [0.717, 1.165) is 34.6 Å². The summed E-state index contributed by atoms with van der Waals surface area (Å²) in [6.07, 6.45) is 5.68. The van der Waals surface area contributed by atoms with Crippen molar-refractivity contribution < 1.29 is 0 Å². The number of hydrogen-bond acceptors (Lipinski definition) is 2. The van der Waals surface area contributed by atoms with Gasteiger partial charge < -0.3 is 11.1 Å². The maximum Gasteiger partial charge on any atom is 0.0370 e. The lowest BCUT2D eigenvalue weighted by Crippen LogP contribution is -2.32. The van der Waals surface area contributed by atoms with Crippen LogP contribution in [0.15, 0.2) is 22.7 Å². The van der Waals surface area contributed by atoms with Crippen LogP contribution in [-0.2, 0) is 6.54 Å². The zero-order chi connectivity index (χ0) is 11.8. The van der Waals surface area contributed by atoms with Gasteiger partial charge in [0.2, 0.25) is 0 Å². The van der Waals surface area contributed by atoms with Gasteiger partial charge in [-0.15, -0.1) is 0 Å². The molecule has 0 heterocycles. The van der Waals surface area contributed by atoms with Crippen molar-refractivity contribution in [3.8, 4) is 0 Å². The van der Waals surface area contributed by atoms with E-state index in [0.29, 0.717) is 0 Å². The first-order chi connectivity index (χ1) is 8.24. The third kappa shape index (κ3) is 2.83. The second kappa shape index (κ2) is 4.62. The second-order valence-corrected chi connectivity index (χ2v) is 6.34. The Morgan fingerprint density at radius 1 is 1.24 bits per heavy atom. The van der Waals surface area contributed by atoms with Gasteiger partial charge in [-0.2, -0.15) is 0 Å². The van der Waals surface area contributed by atoms with Crippen LogP contribution in [0.4, 0.5) is 5.69 Å². The molecule has 0 bridgehead atoms. The fraction of sp³-hybridized carbons (Fsp3) is 0.571. The minimum Gasteiger partial charge on any atom is -0.398 e. The molecule has 2 aliphatic carbocycles. The molecule has 2 nitrogen and oxygen atoms in total. The predicted molar refractivity (Wildman–Crippen MR) is 74.6 cm³/mol. The molecular formula is C14H19BrN2. The number of nitrogen functional groups attached to an aromatic ring is 1. The standard InChI is InChI=1S/C14H19BrN2/c15-12-6-5-11(13(16)7-12)8-17-14(9-1-2-9)10-3-4-10/h5-7,9-10,14,17H,1-4,8,16H2. The molecule has 3 rings (SSSR count).